The number of carbonyl (C=O) groups is 1. The number of ether oxygens (including phenoxy) is 1. The summed E-state index contributed by atoms with van der Waals surface area (Å²) in [4.78, 5) is 20.2. The van der Waals surface area contributed by atoms with Gasteiger partial charge in [-0.25, -0.2) is 13.4 Å². The summed E-state index contributed by atoms with van der Waals surface area (Å²) < 4.78 is 34.7. The fraction of sp³-hybridized carbons (Fsp3) is 0.391. The van der Waals surface area contributed by atoms with Gasteiger partial charge in [0.15, 0.2) is 0 Å². The smallest absolute Gasteiger partial charge is 0.256 e. The third-order valence-corrected chi connectivity index (χ3v) is 6.90. The van der Waals surface area contributed by atoms with E-state index in [0.717, 1.165) is 5.56 Å². The van der Waals surface area contributed by atoms with E-state index in [2.05, 4.69) is 4.72 Å². The molecule has 0 bridgehead atoms. The maximum atomic E-state index is 13.6. The van der Waals surface area contributed by atoms with Crippen molar-refractivity contribution in [3.8, 4) is 11.4 Å². The maximum absolute atomic E-state index is 13.6. The largest absolute Gasteiger partial charge is 0.372 e. The van der Waals surface area contributed by atoms with Gasteiger partial charge in [-0.1, -0.05) is 30.3 Å². The molecule has 1 aromatic heterocycles. The van der Waals surface area contributed by atoms with E-state index in [-0.39, 0.29) is 23.9 Å². The van der Waals surface area contributed by atoms with Crippen molar-refractivity contribution in [1.29, 1.82) is 0 Å². The van der Waals surface area contributed by atoms with Crippen molar-refractivity contribution in [1.82, 2.24) is 14.5 Å². The number of imidazole rings is 1. The second-order valence-electron chi connectivity index (χ2n) is 8.22. The molecule has 0 aliphatic carbocycles. The molecular formula is C23H28N4O4S. The molecule has 3 aromatic rings. The second kappa shape index (κ2) is 8.55. The van der Waals surface area contributed by atoms with Crippen molar-refractivity contribution >= 4 is 32.7 Å². The number of benzene rings is 2. The first-order chi connectivity index (χ1) is 15.2. The highest BCUT2D eigenvalue weighted by Gasteiger charge is 2.29. The Morgan fingerprint density at radius 2 is 1.81 bits per heavy atom. The predicted octanol–water partition coefficient (Wildman–Crippen LogP) is 3.25. The minimum atomic E-state index is -3.51. The Morgan fingerprint density at radius 3 is 2.44 bits per heavy atom. The number of aryl methyl sites for hydroxylation is 1. The minimum Gasteiger partial charge on any atom is -0.372 e. The van der Waals surface area contributed by atoms with Gasteiger partial charge in [0.25, 0.3) is 5.91 Å². The number of anilines is 1. The van der Waals surface area contributed by atoms with Gasteiger partial charge in [0.2, 0.25) is 10.0 Å². The number of aromatic nitrogens is 2. The van der Waals surface area contributed by atoms with Crippen LogP contribution >= 0.6 is 0 Å². The van der Waals surface area contributed by atoms with Crippen molar-refractivity contribution in [2.75, 3.05) is 23.6 Å². The predicted molar refractivity (Wildman–Crippen MR) is 125 cm³/mol. The third kappa shape index (κ3) is 4.35. The van der Waals surface area contributed by atoms with E-state index in [4.69, 9.17) is 9.72 Å². The molecule has 32 heavy (non-hydrogen) atoms. The highest BCUT2D eigenvalue weighted by atomic mass is 32.2. The Bertz CT molecular complexity index is 1240. The molecule has 0 radical (unpaired) electrons. The number of hydrogen-bond donors (Lipinski definition) is 1. The Labute approximate surface area is 188 Å². The van der Waals surface area contributed by atoms with Crippen LogP contribution in [-0.4, -0.2) is 59.8 Å². The van der Waals surface area contributed by atoms with Crippen molar-refractivity contribution in [3.05, 3.63) is 48.0 Å². The van der Waals surface area contributed by atoms with Crippen LogP contribution in [0.2, 0.25) is 0 Å². The van der Waals surface area contributed by atoms with Gasteiger partial charge in [0.1, 0.15) is 5.82 Å². The van der Waals surface area contributed by atoms with E-state index in [1.807, 2.05) is 55.8 Å². The summed E-state index contributed by atoms with van der Waals surface area (Å²) in [6.45, 7) is 6.39. The molecule has 2 heterocycles. The Balaban J connectivity index is 1.88. The van der Waals surface area contributed by atoms with E-state index in [9.17, 15) is 13.2 Å². The van der Waals surface area contributed by atoms with Crippen molar-refractivity contribution in [2.45, 2.75) is 33.0 Å². The second-order valence-corrected chi connectivity index (χ2v) is 10.2. The molecule has 1 fully saturated rings. The highest BCUT2D eigenvalue weighted by molar-refractivity contribution is 7.92. The molecule has 170 valence electrons. The average molecular weight is 457 g/mol. The zero-order valence-electron chi connectivity index (χ0n) is 18.7. The first kappa shape index (κ1) is 22.3. The number of carbonyl (C=O) groups excluding carboxylic acids is 1. The van der Waals surface area contributed by atoms with Crippen molar-refractivity contribution in [3.63, 3.8) is 0 Å². The minimum absolute atomic E-state index is 0.0652. The molecule has 0 spiro atoms. The van der Waals surface area contributed by atoms with Gasteiger partial charge >= 0.3 is 0 Å². The lowest BCUT2D eigenvalue weighted by atomic mass is 10.1. The topological polar surface area (TPSA) is 93.5 Å². The van der Waals surface area contributed by atoms with Crippen LogP contribution in [0.1, 0.15) is 31.1 Å². The van der Waals surface area contributed by atoms with Crippen LogP contribution in [-0.2, 0) is 21.8 Å². The molecular weight excluding hydrogens is 428 g/mol. The standard InChI is InChI=1S/C23H28N4O4S/c1-5-32(29,30)25-18-11-19(23(28)27-13-15(2)31-16(3)14-27)21-20(12-18)24-22(26(21)4)17-9-7-6-8-10-17/h6-12,15-16,25H,5,13-14H2,1-4H3/t15-,16+. The van der Waals surface area contributed by atoms with Crippen LogP contribution in [0, 0.1) is 0 Å². The summed E-state index contributed by atoms with van der Waals surface area (Å²) in [5.41, 5.74) is 2.87. The molecule has 1 aliphatic rings. The summed E-state index contributed by atoms with van der Waals surface area (Å²) in [7, 11) is -1.64. The molecule has 0 saturated carbocycles. The van der Waals surface area contributed by atoms with Gasteiger partial charge in [-0.2, -0.15) is 0 Å². The molecule has 1 saturated heterocycles. The number of hydrogen-bond acceptors (Lipinski definition) is 5. The van der Waals surface area contributed by atoms with Gasteiger partial charge < -0.3 is 14.2 Å². The van der Waals surface area contributed by atoms with Crippen LogP contribution in [0.4, 0.5) is 5.69 Å². The van der Waals surface area contributed by atoms with Gasteiger partial charge in [-0.15, -0.1) is 0 Å². The van der Waals surface area contributed by atoms with Gasteiger partial charge in [-0.3, -0.25) is 9.52 Å². The van der Waals surface area contributed by atoms with Crippen LogP contribution < -0.4 is 4.72 Å². The summed E-state index contributed by atoms with van der Waals surface area (Å²) in [5, 5.41) is 0. The molecule has 1 amide bonds. The highest BCUT2D eigenvalue weighted by Crippen LogP contribution is 2.30. The molecule has 0 unspecified atom stereocenters. The van der Waals surface area contributed by atoms with Gasteiger partial charge in [0.05, 0.1) is 40.2 Å². The average Bonchev–Trinajstić information content (AvgIpc) is 3.08. The first-order valence-corrected chi connectivity index (χ1v) is 12.3. The zero-order valence-corrected chi connectivity index (χ0v) is 19.5. The molecule has 9 heteroatoms. The Hall–Kier alpha value is -2.91. The fourth-order valence-electron chi connectivity index (χ4n) is 4.19. The molecule has 2 aromatic carbocycles. The van der Waals surface area contributed by atoms with E-state index in [1.165, 1.54) is 0 Å². The SMILES string of the molecule is CCS(=O)(=O)Nc1cc(C(=O)N2C[C@@H](C)O[C@@H](C)C2)c2c(c1)nc(-c1ccccc1)n2C. The van der Waals surface area contributed by atoms with Crippen molar-refractivity contribution < 1.29 is 17.9 Å². The quantitative estimate of drug-likeness (QED) is 0.636. The van der Waals surface area contributed by atoms with Crippen LogP contribution in [0.5, 0.6) is 0 Å². The summed E-state index contributed by atoms with van der Waals surface area (Å²) >= 11 is 0. The number of morpholine rings is 1. The number of amides is 1. The Morgan fingerprint density at radius 1 is 1.16 bits per heavy atom. The van der Waals surface area contributed by atoms with Crippen molar-refractivity contribution in [2.24, 2.45) is 7.05 Å². The van der Waals surface area contributed by atoms with E-state index in [0.29, 0.717) is 41.2 Å². The fourth-order valence-corrected chi connectivity index (χ4v) is 4.81. The molecule has 8 nitrogen and oxygen atoms in total. The number of fused-ring (bicyclic) bond motifs is 1. The lowest BCUT2D eigenvalue weighted by Gasteiger charge is -2.35. The lowest BCUT2D eigenvalue weighted by Crippen LogP contribution is -2.48. The van der Waals surface area contributed by atoms with Crippen LogP contribution in [0.3, 0.4) is 0 Å². The number of rotatable bonds is 5. The van der Waals surface area contributed by atoms with Crippen LogP contribution in [0.15, 0.2) is 42.5 Å². The zero-order chi connectivity index (χ0) is 23.0. The monoisotopic (exact) mass is 456 g/mol. The van der Waals surface area contributed by atoms with E-state index >= 15 is 0 Å². The molecule has 1 aliphatic heterocycles. The lowest BCUT2D eigenvalue weighted by molar-refractivity contribution is -0.0585. The van der Waals surface area contributed by atoms with Gasteiger partial charge in [-0.05, 0) is 32.9 Å². The number of sulfonamides is 1. The molecule has 4 rings (SSSR count). The molecule has 1 N–H and O–H groups in total. The summed E-state index contributed by atoms with van der Waals surface area (Å²) in [6, 6.07) is 13.0. The summed E-state index contributed by atoms with van der Waals surface area (Å²) in [5.74, 6) is 0.468. The normalized spacial score (nSPS) is 19.3. The molecule has 2 atom stereocenters. The summed E-state index contributed by atoms with van der Waals surface area (Å²) in [6.07, 6.45) is -0.155. The first-order valence-electron chi connectivity index (χ1n) is 10.7. The number of nitrogens with zero attached hydrogens (tertiary/aromatic N) is 3. The third-order valence-electron chi connectivity index (χ3n) is 5.59. The van der Waals surface area contributed by atoms with Crippen LogP contribution in [0.25, 0.3) is 22.4 Å². The Kier molecular flexibility index (Phi) is 5.96. The van der Waals surface area contributed by atoms with E-state index in [1.54, 1.807) is 24.0 Å². The van der Waals surface area contributed by atoms with Gasteiger partial charge in [0, 0.05) is 25.7 Å². The number of nitrogens with one attached hydrogen (secondary N) is 1. The van der Waals surface area contributed by atoms with E-state index < -0.39 is 10.0 Å². The maximum Gasteiger partial charge on any atom is 0.256 e.